The van der Waals surface area contributed by atoms with Gasteiger partial charge in [0.1, 0.15) is 0 Å². The Morgan fingerprint density at radius 1 is 1.21 bits per heavy atom. The molecule has 0 N–H and O–H groups in total. The largest absolute Gasteiger partial charge is 0.224 e. The van der Waals surface area contributed by atoms with Gasteiger partial charge in [0.25, 0.3) is 0 Å². The average Bonchev–Trinajstić information content (AvgIpc) is 2.16. The quantitative estimate of drug-likeness (QED) is 0.711. The summed E-state index contributed by atoms with van der Waals surface area (Å²) in [5, 5.41) is 1.17. The van der Waals surface area contributed by atoms with Crippen molar-refractivity contribution in [3.63, 3.8) is 0 Å². The van der Waals surface area contributed by atoms with Crippen LogP contribution in [0, 0.1) is 0 Å². The Morgan fingerprint density at radius 2 is 1.86 bits per heavy atom. The van der Waals surface area contributed by atoms with Gasteiger partial charge in [0.2, 0.25) is 0 Å². The van der Waals surface area contributed by atoms with E-state index >= 15 is 0 Å². The fraction of sp³-hybridized carbons (Fsp3) is 0.0909. The Bertz CT molecular complexity index is 416. The summed E-state index contributed by atoms with van der Waals surface area (Å²) in [6.45, 7) is 3.42. The molecule has 0 fully saturated rings. The molecule has 0 unspecified atom stereocenters. The monoisotopic (exact) mass is 208 g/mol. The Labute approximate surface area is 84.5 Å². The lowest BCUT2D eigenvalue weighted by molar-refractivity contribution is 0.604. The smallest absolute Gasteiger partial charge is 0.175 e. The van der Waals surface area contributed by atoms with Crippen LogP contribution in [0.15, 0.2) is 54.5 Å². The molecule has 0 saturated carbocycles. The SMILES string of the molecule is C=C/C=C\S(=O)(=O)Cc1ccccc1. The molecule has 2 nitrogen and oxygen atoms in total. The zero-order valence-electron chi connectivity index (χ0n) is 7.76. The van der Waals surface area contributed by atoms with Crippen LogP contribution in [-0.4, -0.2) is 8.42 Å². The molecule has 0 amide bonds. The Kier molecular flexibility index (Phi) is 3.65. The maximum atomic E-state index is 11.4. The molecule has 0 aliphatic carbocycles. The van der Waals surface area contributed by atoms with Gasteiger partial charge in [-0.25, -0.2) is 8.42 Å². The van der Waals surface area contributed by atoms with E-state index in [0.717, 1.165) is 5.56 Å². The van der Waals surface area contributed by atoms with Crippen LogP contribution < -0.4 is 0 Å². The van der Waals surface area contributed by atoms with Crippen LogP contribution in [0.3, 0.4) is 0 Å². The maximum Gasteiger partial charge on any atom is 0.175 e. The summed E-state index contributed by atoms with van der Waals surface area (Å²) < 4.78 is 22.8. The summed E-state index contributed by atoms with van der Waals surface area (Å²) in [5.74, 6) is 0.0399. The number of rotatable bonds is 4. The summed E-state index contributed by atoms with van der Waals surface area (Å²) in [6, 6.07) is 9.08. The van der Waals surface area contributed by atoms with Gasteiger partial charge in [-0.15, -0.1) is 0 Å². The zero-order chi connectivity index (χ0) is 10.4. The molecule has 3 heteroatoms. The minimum atomic E-state index is -3.15. The first kappa shape index (κ1) is 10.7. The van der Waals surface area contributed by atoms with Gasteiger partial charge in [0, 0.05) is 5.41 Å². The molecule has 0 bridgehead atoms. The van der Waals surface area contributed by atoms with Crippen LogP contribution in [0.25, 0.3) is 0 Å². The van der Waals surface area contributed by atoms with E-state index in [1.54, 1.807) is 12.1 Å². The second kappa shape index (κ2) is 4.77. The third kappa shape index (κ3) is 3.58. The van der Waals surface area contributed by atoms with Crippen molar-refractivity contribution >= 4 is 9.84 Å². The van der Waals surface area contributed by atoms with E-state index in [4.69, 9.17) is 0 Å². The highest BCUT2D eigenvalue weighted by Gasteiger charge is 2.05. The second-order valence-corrected chi connectivity index (χ2v) is 4.74. The van der Waals surface area contributed by atoms with E-state index in [2.05, 4.69) is 6.58 Å². The molecule has 0 spiro atoms. The van der Waals surface area contributed by atoms with Crippen LogP contribution in [0.2, 0.25) is 0 Å². The number of hydrogen-bond donors (Lipinski definition) is 0. The lowest BCUT2D eigenvalue weighted by Crippen LogP contribution is -1.99. The van der Waals surface area contributed by atoms with Crippen molar-refractivity contribution in [3.8, 4) is 0 Å². The number of hydrogen-bond acceptors (Lipinski definition) is 2. The van der Waals surface area contributed by atoms with Crippen molar-refractivity contribution in [1.82, 2.24) is 0 Å². The van der Waals surface area contributed by atoms with Crippen molar-refractivity contribution < 1.29 is 8.42 Å². The van der Waals surface area contributed by atoms with Crippen molar-refractivity contribution in [1.29, 1.82) is 0 Å². The minimum Gasteiger partial charge on any atom is -0.224 e. The molecule has 1 aromatic rings. The lowest BCUT2D eigenvalue weighted by atomic mass is 10.2. The number of sulfone groups is 1. The van der Waals surface area contributed by atoms with Crippen molar-refractivity contribution in [3.05, 3.63) is 60.0 Å². The first-order chi connectivity index (χ1) is 6.64. The van der Waals surface area contributed by atoms with E-state index in [1.807, 2.05) is 18.2 Å². The second-order valence-electron chi connectivity index (χ2n) is 2.86. The molecule has 0 radical (unpaired) electrons. The third-order valence-electron chi connectivity index (χ3n) is 1.63. The van der Waals surface area contributed by atoms with E-state index < -0.39 is 9.84 Å². The highest BCUT2D eigenvalue weighted by atomic mass is 32.2. The predicted molar refractivity (Wildman–Crippen MR) is 58.4 cm³/mol. The Balaban J connectivity index is 2.79. The average molecular weight is 208 g/mol. The molecule has 1 aromatic carbocycles. The first-order valence-electron chi connectivity index (χ1n) is 4.20. The zero-order valence-corrected chi connectivity index (χ0v) is 8.57. The van der Waals surface area contributed by atoms with E-state index in [1.165, 1.54) is 17.6 Å². The van der Waals surface area contributed by atoms with Gasteiger partial charge in [0.15, 0.2) is 9.84 Å². The lowest BCUT2D eigenvalue weighted by Gasteiger charge is -1.98. The van der Waals surface area contributed by atoms with Crippen LogP contribution in [0.5, 0.6) is 0 Å². The molecular weight excluding hydrogens is 196 g/mol. The highest BCUT2D eigenvalue weighted by Crippen LogP contribution is 2.06. The van der Waals surface area contributed by atoms with Crippen molar-refractivity contribution in [2.45, 2.75) is 5.75 Å². The fourth-order valence-corrected chi connectivity index (χ4v) is 2.13. The van der Waals surface area contributed by atoms with Crippen LogP contribution in [0.1, 0.15) is 5.56 Å². The summed E-state index contributed by atoms with van der Waals surface area (Å²) in [5.41, 5.74) is 0.793. The van der Waals surface area contributed by atoms with Crippen LogP contribution in [-0.2, 0) is 15.6 Å². The van der Waals surface area contributed by atoms with Gasteiger partial charge in [-0.05, 0) is 5.56 Å². The van der Waals surface area contributed by atoms with Crippen LogP contribution >= 0.6 is 0 Å². The minimum absolute atomic E-state index is 0.0399. The fourth-order valence-electron chi connectivity index (χ4n) is 1.03. The Hall–Kier alpha value is -1.35. The van der Waals surface area contributed by atoms with Gasteiger partial charge >= 0.3 is 0 Å². The molecule has 0 aromatic heterocycles. The summed E-state index contributed by atoms with van der Waals surface area (Å²) in [6.07, 6.45) is 2.88. The first-order valence-corrected chi connectivity index (χ1v) is 5.91. The molecular formula is C11H12O2S. The number of benzene rings is 1. The van der Waals surface area contributed by atoms with Gasteiger partial charge in [-0.1, -0.05) is 49.1 Å². The molecule has 14 heavy (non-hydrogen) atoms. The summed E-state index contributed by atoms with van der Waals surface area (Å²) in [4.78, 5) is 0. The molecule has 0 atom stereocenters. The summed E-state index contributed by atoms with van der Waals surface area (Å²) >= 11 is 0. The molecule has 1 rings (SSSR count). The van der Waals surface area contributed by atoms with Gasteiger partial charge in [-0.3, -0.25) is 0 Å². The number of allylic oxidation sites excluding steroid dienone is 2. The molecule has 0 saturated heterocycles. The van der Waals surface area contributed by atoms with Crippen molar-refractivity contribution in [2.75, 3.05) is 0 Å². The van der Waals surface area contributed by atoms with E-state index in [0.29, 0.717) is 0 Å². The van der Waals surface area contributed by atoms with Gasteiger partial charge in [-0.2, -0.15) is 0 Å². The van der Waals surface area contributed by atoms with Crippen molar-refractivity contribution in [2.24, 2.45) is 0 Å². The van der Waals surface area contributed by atoms with Gasteiger partial charge < -0.3 is 0 Å². The summed E-state index contributed by atoms with van der Waals surface area (Å²) in [7, 11) is -3.15. The molecule has 0 heterocycles. The predicted octanol–water partition coefficient (Wildman–Crippen LogP) is 2.30. The Morgan fingerprint density at radius 3 is 2.43 bits per heavy atom. The van der Waals surface area contributed by atoms with Crippen LogP contribution in [0.4, 0.5) is 0 Å². The van der Waals surface area contributed by atoms with E-state index in [9.17, 15) is 8.42 Å². The molecule has 0 aliphatic rings. The van der Waals surface area contributed by atoms with E-state index in [-0.39, 0.29) is 5.75 Å². The third-order valence-corrected chi connectivity index (χ3v) is 2.94. The molecule has 0 aliphatic heterocycles. The molecule has 74 valence electrons. The standard InChI is InChI=1S/C11H12O2S/c1-2-3-9-14(12,13)10-11-7-5-4-6-8-11/h2-9H,1,10H2/b9-3-. The topological polar surface area (TPSA) is 34.1 Å². The maximum absolute atomic E-state index is 11.4. The normalized spacial score (nSPS) is 11.7. The van der Waals surface area contributed by atoms with Gasteiger partial charge in [0.05, 0.1) is 5.75 Å². The highest BCUT2D eigenvalue weighted by molar-refractivity contribution is 7.93.